The maximum Gasteiger partial charge on any atom is 0.573 e. The van der Waals surface area contributed by atoms with Gasteiger partial charge in [0.2, 0.25) is 0 Å². The molecule has 0 aliphatic heterocycles. The second kappa shape index (κ2) is 8.45. The Balaban J connectivity index is 2.88. The summed E-state index contributed by atoms with van der Waals surface area (Å²) in [5, 5.41) is 3.01. The smallest absolute Gasteiger partial charge is 0.404 e. The summed E-state index contributed by atoms with van der Waals surface area (Å²) in [6.45, 7) is 0.871. The van der Waals surface area contributed by atoms with Crippen LogP contribution in [0.3, 0.4) is 0 Å². The Morgan fingerprint density at radius 2 is 2.10 bits per heavy atom. The molecule has 4 nitrogen and oxygen atoms in total. The van der Waals surface area contributed by atoms with Gasteiger partial charge in [-0.25, -0.2) is 0 Å². The standard InChI is InChI=1S/C13H18BrF3N2O2/c1-20-8-10(3-2-6-18)19-11-5-4-9(14)7-12(11)21-13(15,16)17/h4-5,7,10,19H,2-3,6,8,18H2,1H3. The van der Waals surface area contributed by atoms with Gasteiger partial charge in [-0.3, -0.25) is 0 Å². The molecule has 0 amide bonds. The number of nitrogens with one attached hydrogen (secondary N) is 1. The van der Waals surface area contributed by atoms with Crippen LogP contribution >= 0.6 is 15.9 Å². The molecule has 8 heteroatoms. The van der Waals surface area contributed by atoms with Crippen molar-refractivity contribution in [1.82, 2.24) is 0 Å². The first-order valence-electron chi connectivity index (χ1n) is 6.36. The van der Waals surface area contributed by atoms with Crippen LogP contribution in [0.2, 0.25) is 0 Å². The minimum Gasteiger partial charge on any atom is -0.404 e. The normalized spacial score (nSPS) is 13.0. The summed E-state index contributed by atoms with van der Waals surface area (Å²) in [4.78, 5) is 0. The molecule has 0 bridgehead atoms. The van der Waals surface area contributed by atoms with Crippen LogP contribution in [0.5, 0.6) is 5.75 Å². The van der Waals surface area contributed by atoms with Gasteiger partial charge in [0.1, 0.15) is 0 Å². The molecule has 1 atom stereocenters. The molecule has 1 aromatic rings. The first-order chi connectivity index (χ1) is 9.85. The maximum atomic E-state index is 12.4. The number of ether oxygens (including phenoxy) is 2. The average molecular weight is 371 g/mol. The van der Waals surface area contributed by atoms with Crippen LogP contribution in [-0.4, -0.2) is 32.7 Å². The van der Waals surface area contributed by atoms with E-state index in [-0.39, 0.29) is 17.5 Å². The van der Waals surface area contributed by atoms with Crippen molar-refractivity contribution in [3.05, 3.63) is 22.7 Å². The lowest BCUT2D eigenvalue weighted by atomic mass is 10.1. The molecule has 0 aliphatic rings. The third kappa shape index (κ3) is 7.01. The number of rotatable bonds is 8. The molecule has 120 valence electrons. The summed E-state index contributed by atoms with van der Waals surface area (Å²) in [5.74, 6) is -0.286. The van der Waals surface area contributed by atoms with Crippen molar-refractivity contribution < 1.29 is 22.6 Å². The molecule has 1 rings (SSSR count). The van der Waals surface area contributed by atoms with Crippen LogP contribution in [-0.2, 0) is 4.74 Å². The quantitative estimate of drug-likeness (QED) is 0.734. The van der Waals surface area contributed by atoms with Crippen LogP contribution in [0.15, 0.2) is 22.7 Å². The highest BCUT2D eigenvalue weighted by molar-refractivity contribution is 9.10. The summed E-state index contributed by atoms with van der Waals surface area (Å²) in [7, 11) is 1.53. The molecule has 0 saturated carbocycles. The van der Waals surface area contributed by atoms with Gasteiger partial charge in [0.15, 0.2) is 5.75 Å². The molecule has 1 unspecified atom stereocenters. The summed E-state index contributed by atoms with van der Waals surface area (Å²) < 4.78 is 46.9. The van der Waals surface area contributed by atoms with Gasteiger partial charge in [0, 0.05) is 17.6 Å². The molecule has 0 fully saturated rings. The van der Waals surface area contributed by atoms with Crippen molar-refractivity contribution in [3.8, 4) is 5.75 Å². The monoisotopic (exact) mass is 370 g/mol. The fourth-order valence-corrected chi connectivity index (χ4v) is 2.15. The predicted octanol–water partition coefficient (Wildman–Crippen LogP) is 3.51. The summed E-state index contributed by atoms with van der Waals surface area (Å²) >= 11 is 3.13. The van der Waals surface area contributed by atoms with Gasteiger partial charge in [0.05, 0.1) is 12.3 Å². The number of hydrogen-bond donors (Lipinski definition) is 2. The lowest BCUT2D eigenvalue weighted by Crippen LogP contribution is -2.27. The number of alkyl halides is 3. The van der Waals surface area contributed by atoms with E-state index in [1.807, 2.05) is 0 Å². The Morgan fingerprint density at radius 1 is 1.38 bits per heavy atom. The molecule has 0 saturated heterocycles. The topological polar surface area (TPSA) is 56.5 Å². The van der Waals surface area contributed by atoms with E-state index in [2.05, 4.69) is 26.0 Å². The zero-order valence-electron chi connectivity index (χ0n) is 11.5. The van der Waals surface area contributed by atoms with Crippen LogP contribution in [0.4, 0.5) is 18.9 Å². The van der Waals surface area contributed by atoms with Crippen LogP contribution in [0, 0.1) is 0 Å². The highest BCUT2D eigenvalue weighted by Gasteiger charge is 2.32. The van der Waals surface area contributed by atoms with E-state index in [0.717, 1.165) is 6.42 Å². The lowest BCUT2D eigenvalue weighted by Gasteiger charge is -2.21. The van der Waals surface area contributed by atoms with Gasteiger partial charge in [-0.2, -0.15) is 0 Å². The van der Waals surface area contributed by atoms with Gasteiger partial charge >= 0.3 is 6.36 Å². The van der Waals surface area contributed by atoms with Crippen LogP contribution in [0.1, 0.15) is 12.8 Å². The van der Waals surface area contributed by atoms with Gasteiger partial charge in [-0.1, -0.05) is 15.9 Å². The fourth-order valence-electron chi connectivity index (χ4n) is 1.81. The summed E-state index contributed by atoms with van der Waals surface area (Å²) in [6.07, 6.45) is -3.32. The molecule has 0 radical (unpaired) electrons. The second-order valence-electron chi connectivity index (χ2n) is 4.42. The van der Waals surface area contributed by atoms with E-state index in [1.54, 1.807) is 6.07 Å². The van der Waals surface area contributed by atoms with Crippen molar-refractivity contribution in [2.75, 3.05) is 25.6 Å². The van der Waals surface area contributed by atoms with Gasteiger partial charge in [-0.05, 0) is 37.6 Å². The number of benzene rings is 1. The van der Waals surface area contributed by atoms with Crippen molar-refractivity contribution in [1.29, 1.82) is 0 Å². The van der Waals surface area contributed by atoms with E-state index in [1.165, 1.54) is 19.2 Å². The molecule has 0 aliphatic carbocycles. The van der Waals surface area contributed by atoms with Crippen LogP contribution in [0.25, 0.3) is 0 Å². The Bertz CT molecular complexity index is 444. The number of hydrogen-bond acceptors (Lipinski definition) is 4. The molecule has 0 spiro atoms. The summed E-state index contributed by atoms with van der Waals surface area (Å²) in [6, 6.07) is 4.28. The number of methoxy groups -OCH3 is 1. The second-order valence-corrected chi connectivity index (χ2v) is 5.33. The molecular weight excluding hydrogens is 353 g/mol. The van der Waals surface area contributed by atoms with Crippen molar-refractivity contribution in [2.24, 2.45) is 5.73 Å². The van der Waals surface area contributed by atoms with Crippen LogP contribution < -0.4 is 15.8 Å². The third-order valence-electron chi connectivity index (χ3n) is 2.65. The predicted molar refractivity (Wildman–Crippen MR) is 78.4 cm³/mol. The zero-order valence-corrected chi connectivity index (χ0v) is 13.1. The van der Waals surface area contributed by atoms with Crippen molar-refractivity contribution >= 4 is 21.6 Å². The molecule has 21 heavy (non-hydrogen) atoms. The highest BCUT2D eigenvalue weighted by Crippen LogP contribution is 2.33. The van der Waals surface area contributed by atoms with E-state index < -0.39 is 6.36 Å². The van der Waals surface area contributed by atoms with E-state index >= 15 is 0 Å². The lowest BCUT2D eigenvalue weighted by molar-refractivity contribution is -0.274. The minimum atomic E-state index is -4.74. The SMILES string of the molecule is COCC(CCCN)Nc1ccc(Br)cc1OC(F)(F)F. The molecular formula is C13H18BrF3N2O2. The fraction of sp³-hybridized carbons (Fsp3) is 0.538. The largest absolute Gasteiger partial charge is 0.573 e. The number of nitrogens with two attached hydrogens (primary N) is 1. The Kier molecular flexibility index (Phi) is 7.27. The number of halogens is 4. The minimum absolute atomic E-state index is 0.143. The van der Waals surface area contributed by atoms with Crippen molar-refractivity contribution in [2.45, 2.75) is 25.2 Å². The third-order valence-corrected chi connectivity index (χ3v) is 3.15. The van der Waals surface area contributed by atoms with Crippen molar-refractivity contribution in [3.63, 3.8) is 0 Å². The van der Waals surface area contributed by atoms with E-state index in [4.69, 9.17) is 10.5 Å². The first-order valence-corrected chi connectivity index (χ1v) is 7.16. The number of anilines is 1. The Labute approximate surface area is 129 Å². The van der Waals surface area contributed by atoms with E-state index in [9.17, 15) is 13.2 Å². The summed E-state index contributed by atoms with van der Waals surface area (Å²) in [5.41, 5.74) is 5.71. The molecule has 0 aromatic heterocycles. The van der Waals surface area contributed by atoms with Gasteiger partial charge < -0.3 is 20.5 Å². The maximum absolute atomic E-state index is 12.4. The first kappa shape index (κ1) is 18.1. The zero-order chi connectivity index (χ0) is 15.9. The Morgan fingerprint density at radius 3 is 2.67 bits per heavy atom. The Hall–Kier alpha value is -0.990. The van der Waals surface area contributed by atoms with Gasteiger partial charge in [-0.15, -0.1) is 13.2 Å². The van der Waals surface area contributed by atoms with E-state index in [0.29, 0.717) is 24.0 Å². The average Bonchev–Trinajstić information content (AvgIpc) is 2.37. The molecule has 1 aromatic carbocycles. The molecule has 0 heterocycles. The molecule has 3 N–H and O–H groups in total. The highest BCUT2D eigenvalue weighted by atomic mass is 79.9. The van der Waals surface area contributed by atoms with Gasteiger partial charge in [0.25, 0.3) is 0 Å².